The molecule has 0 fully saturated rings. The van der Waals surface area contributed by atoms with Crippen LogP contribution in [0.4, 0.5) is 0 Å². The van der Waals surface area contributed by atoms with E-state index in [1.165, 1.54) is 0 Å². The van der Waals surface area contributed by atoms with Crippen molar-refractivity contribution in [2.24, 2.45) is 0 Å². The number of nitrogens with zero attached hydrogens (tertiary/aromatic N) is 1. The summed E-state index contributed by atoms with van der Waals surface area (Å²) in [4.78, 5) is 7.34. The van der Waals surface area contributed by atoms with E-state index in [-0.39, 0.29) is 0 Å². The largest absolute Gasteiger partial charge is 0.496 e. The van der Waals surface area contributed by atoms with E-state index in [1.807, 2.05) is 25.1 Å². The molecule has 1 aromatic carbocycles. The Bertz CT molecular complexity index is 533. The number of rotatable bonds is 1. The number of ether oxygens (including phenoxy) is 1. The third kappa shape index (κ3) is 1.37. The lowest BCUT2D eigenvalue weighted by Gasteiger charge is -2.05. The smallest absolute Gasteiger partial charge is 0.141 e. The maximum absolute atomic E-state index is 5.22. The summed E-state index contributed by atoms with van der Waals surface area (Å²) in [5, 5.41) is 0.871. The molecule has 0 spiro atoms. The molecule has 0 bridgehead atoms. The van der Waals surface area contributed by atoms with Crippen molar-refractivity contribution in [1.29, 1.82) is 0 Å². The SMILES string of the molecule is COc1cccc2[nH]c(C)nc(=S)c12. The minimum atomic E-state index is 0.578. The van der Waals surface area contributed by atoms with Crippen LogP contribution in [0, 0.1) is 11.6 Å². The van der Waals surface area contributed by atoms with Gasteiger partial charge in [0.15, 0.2) is 0 Å². The highest BCUT2D eigenvalue weighted by atomic mass is 32.1. The molecule has 4 heteroatoms. The fraction of sp³-hybridized carbons (Fsp3) is 0.200. The fourth-order valence-electron chi connectivity index (χ4n) is 1.46. The van der Waals surface area contributed by atoms with Gasteiger partial charge in [0, 0.05) is 0 Å². The summed E-state index contributed by atoms with van der Waals surface area (Å²) in [6.45, 7) is 1.88. The average Bonchev–Trinajstić information content (AvgIpc) is 2.16. The monoisotopic (exact) mass is 206 g/mol. The number of benzene rings is 1. The lowest BCUT2D eigenvalue weighted by molar-refractivity contribution is 0.419. The molecule has 14 heavy (non-hydrogen) atoms. The molecule has 2 rings (SSSR count). The molecule has 0 aliphatic heterocycles. The highest BCUT2D eigenvalue weighted by molar-refractivity contribution is 7.71. The normalized spacial score (nSPS) is 10.4. The van der Waals surface area contributed by atoms with E-state index < -0.39 is 0 Å². The van der Waals surface area contributed by atoms with Gasteiger partial charge >= 0.3 is 0 Å². The van der Waals surface area contributed by atoms with Crippen LogP contribution in [0.1, 0.15) is 5.82 Å². The van der Waals surface area contributed by atoms with Gasteiger partial charge in [-0.3, -0.25) is 0 Å². The van der Waals surface area contributed by atoms with Crippen molar-refractivity contribution < 1.29 is 4.74 Å². The Morgan fingerprint density at radius 3 is 2.93 bits per heavy atom. The number of fused-ring (bicyclic) bond motifs is 1. The summed E-state index contributed by atoms with van der Waals surface area (Å²) in [5.41, 5.74) is 0.960. The minimum absolute atomic E-state index is 0.578. The van der Waals surface area contributed by atoms with E-state index >= 15 is 0 Å². The van der Waals surface area contributed by atoms with E-state index in [0.29, 0.717) is 4.64 Å². The lowest BCUT2D eigenvalue weighted by Crippen LogP contribution is -1.92. The van der Waals surface area contributed by atoms with Gasteiger partial charge < -0.3 is 9.72 Å². The van der Waals surface area contributed by atoms with Gasteiger partial charge in [-0.25, -0.2) is 4.98 Å². The number of aromatic amines is 1. The molecule has 3 nitrogen and oxygen atoms in total. The number of nitrogens with one attached hydrogen (secondary N) is 1. The molecule has 0 aliphatic rings. The molecule has 72 valence electrons. The first-order valence-corrected chi connectivity index (χ1v) is 4.67. The summed E-state index contributed by atoms with van der Waals surface area (Å²) in [6, 6.07) is 5.76. The quantitative estimate of drug-likeness (QED) is 0.729. The van der Waals surface area contributed by atoms with E-state index in [4.69, 9.17) is 17.0 Å². The molecule has 0 atom stereocenters. The van der Waals surface area contributed by atoms with Crippen LogP contribution >= 0.6 is 12.2 Å². The van der Waals surface area contributed by atoms with Gasteiger partial charge in [0.05, 0.1) is 18.0 Å². The van der Waals surface area contributed by atoms with Gasteiger partial charge in [-0.15, -0.1) is 0 Å². The van der Waals surface area contributed by atoms with E-state index in [2.05, 4.69) is 9.97 Å². The molecule has 2 aromatic rings. The highest BCUT2D eigenvalue weighted by Crippen LogP contribution is 2.24. The topological polar surface area (TPSA) is 37.9 Å². The first-order valence-electron chi connectivity index (χ1n) is 4.26. The zero-order valence-electron chi connectivity index (χ0n) is 8.00. The summed E-state index contributed by atoms with van der Waals surface area (Å²) < 4.78 is 5.80. The first kappa shape index (κ1) is 9.15. The molecule has 0 amide bonds. The van der Waals surface area contributed by atoms with Crippen LogP contribution in [0.2, 0.25) is 0 Å². The van der Waals surface area contributed by atoms with Gasteiger partial charge in [0.1, 0.15) is 16.2 Å². The Morgan fingerprint density at radius 1 is 1.43 bits per heavy atom. The van der Waals surface area contributed by atoms with Crippen LogP contribution in [0.15, 0.2) is 18.2 Å². The van der Waals surface area contributed by atoms with Crippen molar-refractivity contribution in [3.05, 3.63) is 28.7 Å². The molecule has 1 N–H and O–H groups in total. The lowest BCUT2D eigenvalue weighted by atomic mass is 10.2. The van der Waals surface area contributed by atoms with Gasteiger partial charge in [0.25, 0.3) is 0 Å². The Balaban J connectivity index is 2.94. The first-order chi connectivity index (χ1) is 6.72. The Kier molecular flexibility index (Phi) is 2.21. The van der Waals surface area contributed by atoms with Crippen molar-refractivity contribution in [2.75, 3.05) is 7.11 Å². The van der Waals surface area contributed by atoms with Crippen molar-refractivity contribution >= 4 is 23.1 Å². The molecule has 1 aromatic heterocycles. The second-order valence-electron chi connectivity index (χ2n) is 3.01. The second-order valence-corrected chi connectivity index (χ2v) is 3.40. The zero-order valence-corrected chi connectivity index (χ0v) is 8.81. The number of hydrogen-bond acceptors (Lipinski definition) is 3. The second kappa shape index (κ2) is 3.38. The molecule has 0 radical (unpaired) electrons. The molecular formula is C10H10N2OS. The number of methoxy groups -OCH3 is 1. The Hall–Kier alpha value is -1.42. The molecule has 0 saturated heterocycles. The van der Waals surface area contributed by atoms with Crippen molar-refractivity contribution in [3.8, 4) is 5.75 Å². The van der Waals surface area contributed by atoms with Crippen molar-refractivity contribution in [1.82, 2.24) is 9.97 Å². The van der Waals surface area contributed by atoms with Gasteiger partial charge in [0.2, 0.25) is 0 Å². The highest BCUT2D eigenvalue weighted by Gasteiger charge is 2.03. The van der Waals surface area contributed by atoms with Gasteiger partial charge in [-0.2, -0.15) is 0 Å². The standard InChI is InChI=1S/C10H10N2OS/c1-6-11-7-4-3-5-8(13-2)9(7)10(14)12-6/h3-5H,1-2H3,(H,11,12,14). The van der Waals surface area contributed by atoms with E-state index in [1.54, 1.807) is 7.11 Å². The van der Waals surface area contributed by atoms with E-state index in [9.17, 15) is 0 Å². The molecule has 1 heterocycles. The van der Waals surface area contributed by atoms with Crippen LogP contribution < -0.4 is 4.74 Å². The number of hydrogen-bond donors (Lipinski definition) is 1. The fourth-order valence-corrected chi connectivity index (χ4v) is 1.80. The van der Waals surface area contributed by atoms with Crippen LogP contribution in [0.25, 0.3) is 10.9 Å². The third-order valence-electron chi connectivity index (χ3n) is 2.04. The third-order valence-corrected chi connectivity index (χ3v) is 2.34. The predicted octanol–water partition coefficient (Wildman–Crippen LogP) is 2.61. The summed E-state index contributed by atoms with van der Waals surface area (Å²) in [7, 11) is 1.63. The maximum Gasteiger partial charge on any atom is 0.141 e. The average molecular weight is 206 g/mol. The zero-order chi connectivity index (χ0) is 10.1. The van der Waals surface area contributed by atoms with Crippen LogP contribution in [-0.4, -0.2) is 17.1 Å². The maximum atomic E-state index is 5.22. The van der Waals surface area contributed by atoms with Gasteiger partial charge in [-0.1, -0.05) is 18.3 Å². The number of H-pyrrole nitrogens is 1. The van der Waals surface area contributed by atoms with Crippen molar-refractivity contribution in [3.63, 3.8) is 0 Å². The Morgan fingerprint density at radius 2 is 2.21 bits per heavy atom. The molecule has 0 saturated carbocycles. The van der Waals surface area contributed by atoms with Crippen LogP contribution in [0.5, 0.6) is 5.75 Å². The minimum Gasteiger partial charge on any atom is -0.496 e. The van der Waals surface area contributed by atoms with Gasteiger partial charge in [-0.05, 0) is 19.1 Å². The van der Waals surface area contributed by atoms with E-state index in [0.717, 1.165) is 22.5 Å². The molecule has 0 unspecified atom stereocenters. The van der Waals surface area contributed by atoms with Crippen LogP contribution in [-0.2, 0) is 0 Å². The number of aryl methyl sites for hydroxylation is 1. The molecular weight excluding hydrogens is 196 g/mol. The molecule has 0 aliphatic carbocycles. The number of aromatic nitrogens is 2. The van der Waals surface area contributed by atoms with Crippen LogP contribution in [0.3, 0.4) is 0 Å². The Labute approximate surface area is 86.8 Å². The predicted molar refractivity (Wildman–Crippen MR) is 58.2 cm³/mol. The van der Waals surface area contributed by atoms with Crippen molar-refractivity contribution in [2.45, 2.75) is 6.92 Å². The summed E-state index contributed by atoms with van der Waals surface area (Å²) >= 11 is 5.18. The summed E-state index contributed by atoms with van der Waals surface area (Å²) in [6.07, 6.45) is 0. The summed E-state index contributed by atoms with van der Waals surface area (Å²) in [5.74, 6) is 1.58.